The lowest BCUT2D eigenvalue weighted by Crippen LogP contribution is -2.25. The van der Waals surface area contributed by atoms with Gasteiger partial charge >= 0.3 is 0 Å². The van der Waals surface area contributed by atoms with Crippen LogP contribution in [0, 0.1) is 0 Å². The van der Waals surface area contributed by atoms with E-state index in [0.717, 1.165) is 131 Å². The number of amides is 1. The summed E-state index contributed by atoms with van der Waals surface area (Å²) in [6.07, 6.45) is 12.8. The molecule has 69 heavy (non-hydrogen) atoms. The molecule has 336 valence electrons. The van der Waals surface area contributed by atoms with Gasteiger partial charge in [-0.15, -0.1) is 0 Å². The highest BCUT2D eigenvalue weighted by Gasteiger charge is 2.21. The number of hydrogen-bond acceptors (Lipinski definition) is 5. The Morgan fingerprint density at radius 2 is 1.06 bits per heavy atom. The molecule has 0 spiro atoms. The molecule has 4 N–H and O–H groups in total. The van der Waals surface area contributed by atoms with Gasteiger partial charge < -0.3 is 20.6 Å². The molecule has 9 aromatic rings. The second kappa shape index (κ2) is 19.5. The minimum Gasteiger partial charge on any atom is -0.384 e. The Morgan fingerprint density at radius 1 is 0.522 bits per heavy atom. The van der Waals surface area contributed by atoms with E-state index in [9.17, 15) is 4.79 Å². The first kappa shape index (κ1) is 43.3. The van der Waals surface area contributed by atoms with Crippen LogP contribution < -0.4 is 10.6 Å². The number of nitrogens with one attached hydrogen (secondary N) is 4. The number of rotatable bonds is 13. The molecule has 2 aliphatic rings. The van der Waals surface area contributed by atoms with Crippen molar-refractivity contribution in [3.63, 3.8) is 0 Å². The number of carbonyl (C=O) groups is 1. The van der Waals surface area contributed by atoms with Crippen LogP contribution in [0.2, 0.25) is 5.02 Å². The second-order valence-corrected chi connectivity index (χ2v) is 17.7. The Bertz CT molecular complexity index is 3580. The average molecular weight is 919 g/mol. The van der Waals surface area contributed by atoms with Gasteiger partial charge in [0.15, 0.2) is 0 Å². The fraction of sp³-hybridized carbons (Fsp3) is 0.100. The van der Waals surface area contributed by atoms with Gasteiger partial charge in [0.1, 0.15) is 0 Å². The van der Waals surface area contributed by atoms with Crippen LogP contribution in [-0.2, 0) is 11.2 Å². The molecule has 1 amide bonds. The van der Waals surface area contributed by atoms with Crippen molar-refractivity contribution >= 4 is 80.5 Å². The Balaban J connectivity index is 1.03. The second-order valence-electron chi connectivity index (χ2n) is 17.3. The smallest absolute Gasteiger partial charge is 0.220 e. The minimum absolute atomic E-state index is 0.00998. The van der Waals surface area contributed by atoms with Crippen LogP contribution in [0.1, 0.15) is 47.6 Å². The molecule has 5 aromatic carbocycles. The summed E-state index contributed by atoms with van der Waals surface area (Å²) in [5.41, 5.74) is 18.0. The number of aromatic amines is 2. The highest BCUT2D eigenvalue weighted by molar-refractivity contribution is 6.31. The van der Waals surface area contributed by atoms with Crippen molar-refractivity contribution in [2.75, 3.05) is 18.4 Å². The number of fused-ring (bicyclic) bond motifs is 9. The van der Waals surface area contributed by atoms with Crippen LogP contribution in [-0.4, -0.2) is 43.9 Å². The standard InChI is InChI=1S/C60H48ClN7O/c61-44-24-25-45-46(33-36-63-53(45)38-44)62-34-13-14-35-64-55(69)32-23-43-37-54-58(41-19-9-3-10-20-41)51-29-28-49(66-51)56(39-15-5-1-6-16-39)47-26-27-48(65-47)57(40-17-7-2-8-18-40)50-30-31-52(67-50)59(60(43)68-54)42-21-11-4-12-22-42/h1-12,15-22,24-31,33,36-38,66,68H,13-14,23,32,34-35H2,(H,62,63)(H,64,69). The first-order valence-electron chi connectivity index (χ1n) is 23.5. The van der Waals surface area contributed by atoms with Crippen molar-refractivity contribution in [3.8, 4) is 44.5 Å². The summed E-state index contributed by atoms with van der Waals surface area (Å²) < 4.78 is 0. The third-order valence-electron chi connectivity index (χ3n) is 12.8. The molecule has 6 heterocycles. The lowest BCUT2D eigenvalue weighted by Gasteiger charge is -2.10. The van der Waals surface area contributed by atoms with Crippen LogP contribution in [0.5, 0.6) is 0 Å². The van der Waals surface area contributed by atoms with E-state index in [1.54, 1.807) is 6.20 Å². The normalized spacial score (nSPS) is 11.8. The van der Waals surface area contributed by atoms with E-state index in [1.807, 2.05) is 48.5 Å². The fourth-order valence-electron chi connectivity index (χ4n) is 9.50. The molecule has 8 bridgehead atoms. The number of benzene rings is 5. The van der Waals surface area contributed by atoms with E-state index >= 15 is 0 Å². The molecule has 0 saturated carbocycles. The zero-order chi connectivity index (χ0) is 46.5. The largest absolute Gasteiger partial charge is 0.384 e. The maximum Gasteiger partial charge on any atom is 0.220 e. The summed E-state index contributed by atoms with van der Waals surface area (Å²) in [4.78, 5) is 36.9. The molecule has 0 atom stereocenters. The third-order valence-corrected chi connectivity index (χ3v) is 13.0. The van der Waals surface area contributed by atoms with Crippen molar-refractivity contribution in [2.24, 2.45) is 0 Å². The Hall–Kier alpha value is -8.33. The summed E-state index contributed by atoms with van der Waals surface area (Å²) in [7, 11) is 0. The molecule has 9 heteroatoms. The van der Waals surface area contributed by atoms with Gasteiger partial charge in [-0.25, -0.2) is 9.97 Å². The Kier molecular flexibility index (Phi) is 12.2. The molecule has 11 rings (SSSR count). The Morgan fingerprint density at radius 3 is 1.70 bits per heavy atom. The van der Waals surface area contributed by atoms with Gasteiger partial charge in [0.05, 0.1) is 33.8 Å². The number of aromatic nitrogens is 5. The topological polar surface area (TPSA) is 111 Å². The number of H-pyrrole nitrogens is 2. The average Bonchev–Trinajstić information content (AvgIpc) is 4.24. The van der Waals surface area contributed by atoms with Crippen LogP contribution in [0.4, 0.5) is 5.69 Å². The number of carbonyl (C=O) groups excluding carboxylic acids is 1. The number of unbranched alkanes of at least 4 members (excludes halogenated alkanes) is 1. The molecule has 2 aliphatic heterocycles. The monoisotopic (exact) mass is 917 g/mol. The lowest BCUT2D eigenvalue weighted by molar-refractivity contribution is -0.121. The summed E-state index contributed by atoms with van der Waals surface area (Å²) >= 11 is 6.21. The summed E-state index contributed by atoms with van der Waals surface area (Å²) in [6.45, 7) is 1.36. The maximum atomic E-state index is 13.7. The van der Waals surface area contributed by atoms with Crippen LogP contribution >= 0.6 is 11.6 Å². The first-order valence-corrected chi connectivity index (χ1v) is 23.9. The van der Waals surface area contributed by atoms with Crippen molar-refractivity contribution in [3.05, 3.63) is 203 Å². The molecular formula is C60H48ClN7O. The molecule has 8 nitrogen and oxygen atoms in total. The van der Waals surface area contributed by atoms with Crippen LogP contribution in [0.25, 0.3) is 102 Å². The number of hydrogen-bond donors (Lipinski definition) is 4. The summed E-state index contributed by atoms with van der Waals surface area (Å²) in [6, 6.07) is 56.0. The maximum absolute atomic E-state index is 13.7. The highest BCUT2D eigenvalue weighted by Crippen LogP contribution is 2.39. The zero-order valence-electron chi connectivity index (χ0n) is 37.8. The van der Waals surface area contributed by atoms with Crippen molar-refractivity contribution in [1.29, 1.82) is 0 Å². The first-order chi connectivity index (χ1) is 34.0. The van der Waals surface area contributed by atoms with E-state index in [0.29, 0.717) is 24.4 Å². The van der Waals surface area contributed by atoms with Gasteiger partial charge in [0, 0.05) is 80.6 Å². The molecule has 0 saturated heterocycles. The highest BCUT2D eigenvalue weighted by atomic mass is 35.5. The zero-order valence-corrected chi connectivity index (χ0v) is 38.6. The predicted molar refractivity (Wildman–Crippen MR) is 286 cm³/mol. The summed E-state index contributed by atoms with van der Waals surface area (Å²) in [5.74, 6) is 0.00998. The van der Waals surface area contributed by atoms with Crippen molar-refractivity contribution in [1.82, 2.24) is 30.2 Å². The molecule has 0 unspecified atom stereocenters. The molecule has 4 aromatic heterocycles. The summed E-state index contributed by atoms with van der Waals surface area (Å²) in [5, 5.41) is 8.45. The Labute approximate surface area is 405 Å². The number of nitrogens with zero attached hydrogens (tertiary/aromatic N) is 3. The van der Waals surface area contributed by atoms with Gasteiger partial charge in [-0.2, -0.15) is 0 Å². The minimum atomic E-state index is 0.00998. The number of halogens is 1. The van der Waals surface area contributed by atoms with E-state index < -0.39 is 0 Å². The number of pyridine rings is 1. The van der Waals surface area contributed by atoms with E-state index in [1.165, 1.54) is 0 Å². The third kappa shape index (κ3) is 9.10. The SMILES string of the molecule is O=C(CCc1cc2[nH]c1c(-c1ccccc1)c1nc(c(-c3ccccc3)c3nc(c(-c4ccccc4)c4ccc([nH]4)c2-c2ccccc2)C=C3)C=C1)NCCCCNc1ccnc2cc(Cl)ccc12. The van der Waals surface area contributed by atoms with Crippen LogP contribution in [0.3, 0.4) is 0 Å². The van der Waals surface area contributed by atoms with Crippen molar-refractivity contribution < 1.29 is 4.79 Å². The number of anilines is 1. The molecule has 0 radical (unpaired) electrons. The fourth-order valence-corrected chi connectivity index (χ4v) is 9.66. The lowest BCUT2D eigenvalue weighted by atomic mass is 10.00. The van der Waals surface area contributed by atoms with Gasteiger partial charge in [-0.3, -0.25) is 9.78 Å². The van der Waals surface area contributed by atoms with E-state index in [2.05, 4.69) is 165 Å². The van der Waals surface area contributed by atoms with Gasteiger partial charge in [0.2, 0.25) is 5.91 Å². The quantitative estimate of drug-likeness (QED) is 0.0861. The predicted octanol–water partition coefficient (Wildman–Crippen LogP) is 14.5. The van der Waals surface area contributed by atoms with Gasteiger partial charge in [-0.1, -0.05) is 133 Å². The number of aryl methyl sites for hydroxylation is 1. The van der Waals surface area contributed by atoms with Crippen molar-refractivity contribution in [2.45, 2.75) is 25.7 Å². The van der Waals surface area contributed by atoms with Crippen LogP contribution in [0.15, 0.2) is 170 Å². The van der Waals surface area contributed by atoms with Gasteiger partial charge in [-0.05, 0) is 114 Å². The molecule has 0 fully saturated rings. The van der Waals surface area contributed by atoms with E-state index in [4.69, 9.17) is 21.6 Å². The van der Waals surface area contributed by atoms with E-state index in [-0.39, 0.29) is 5.91 Å². The van der Waals surface area contributed by atoms with Gasteiger partial charge in [0.25, 0.3) is 0 Å². The molecule has 0 aliphatic carbocycles. The molecular weight excluding hydrogens is 870 g/mol.